The van der Waals surface area contributed by atoms with Crippen LogP contribution in [0.5, 0.6) is 0 Å². The lowest BCUT2D eigenvalue weighted by molar-refractivity contribution is -0.384. The molecule has 0 fully saturated rings. The Kier molecular flexibility index (Phi) is 4.08. The number of H-pyrrole nitrogens is 1. The number of nitro groups is 1. The molecule has 26 heavy (non-hydrogen) atoms. The van der Waals surface area contributed by atoms with Crippen LogP contribution in [0.25, 0.3) is 0 Å². The van der Waals surface area contributed by atoms with Gasteiger partial charge < -0.3 is 15.4 Å². The van der Waals surface area contributed by atoms with Crippen LogP contribution in [0.15, 0.2) is 28.4 Å². The van der Waals surface area contributed by atoms with Gasteiger partial charge in [0.05, 0.1) is 28.1 Å². The molecule has 0 spiro atoms. The number of hydrogen-bond donors (Lipinski definition) is 3. The van der Waals surface area contributed by atoms with Crippen molar-refractivity contribution < 1.29 is 19.6 Å². The molecule has 0 aliphatic carbocycles. The number of benzene rings is 1. The van der Waals surface area contributed by atoms with Gasteiger partial charge in [0, 0.05) is 23.4 Å². The van der Waals surface area contributed by atoms with E-state index in [9.17, 15) is 24.8 Å². The number of aromatic amines is 1. The Morgan fingerprint density at radius 1 is 1.35 bits per heavy atom. The normalized spacial score (nSPS) is 14.7. The van der Waals surface area contributed by atoms with E-state index < -0.39 is 16.8 Å². The van der Waals surface area contributed by atoms with Gasteiger partial charge in [0.25, 0.3) is 11.6 Å². The van der Waals surface area contributed by atoms with Gasteiger partial charge in [-0.3, -0.25) is 14.9 Å². The first-order chi connectivity index (χ1) is 12.3. The lowest BCUT2D eigenvalue weighted by Gasteiger charge is -1.96. The maximum atomic E-state index is 12.0. The monoisotopic (exact) mass is 355 g/mol. The molecule has 1 aliphatic rings. The van der Waals surface area contributed by atoms with Crippen molar-refractivity contribution in [3.05, 3.63) is 56.4 Å². The maximum Gasteiger partial charge on any atom is 0.337 e. The van der Waals surface area contributed by atoms with E-state index in [0.717, 1.165) is 0 Å². The predicted octanol–water partition coefficient (Wildman–Crippen LogP) is 2.01. The number of fused-ring (bicyclic) bond motifs is 1. The van der Waals surface area contributed by atoms with Crippen LogP contribution in [0.4, 0.5) is 11.4 Å². The van der Waals surface area contributed by atoms with Gasteiger partial charge in [-0.1, -0.05) is 0 Å². The van der Waals surface area contributed by atoms with Crippen LogP contribution in [-0.2, 0) is 4.79 Å². The Labute approximate surface area is 146 Å². The second-order valence-corrected chi connectivity index (χ2v) is 5.60. The number of nitrogens with one attached hydrogen (secondary N) is 2. The number of carboxylic acid groups (broad SMARTS) is 1. The number of anilines is 1. The molecule has 1 aliphatic heterocycles. The van der Waals surface area contributed by atoms with Crippen LogP contribution in [-0.4, -0.2) is 38.8 Å². The number of nitro benzene ring substituents is 1. The zero-order valence-electron chi connectivity index (χ0n) is 13.7. The molecule has 3 N–H and O–H groups in total. The van der Waals surface area contributed by atoms with Gasteiger partial charge in [0.1, 0.15) is 0 Å². The summed E-state index contributed by atoms with van der Waals surface area (Å²) in [7, 11) is 0. The molecule has 0 unspecified atom stereocenters. The number of rotatable bonds is 4. The summed E-state index contributed by atoms with van der Waals surface area (Å²) in [5, 5.41) is 30.3. The average Bonchev–Trinajstić information content (AvgIpc) is 3.03. The van der Waals surface area contributed by atoms with Crippen molar-refractivity contribution in [2.75, 3.05) is 5.32 Å². The fourth-order valence-electron chi connectivity index (χ4n) is 2.72. The fraction of sp³-hybridized carbons (Fsp3) is 0.125. The summed E-state index contributed by atoms with van der Waals surface area (Å²) >= 11 is 0. The van der Waals surface area contributed by atoms with Gasteiger partial charge in [0.15, 0.2) is 5.71 Å². The largest absolute Gasteiger partial charge is 0.478 e. The number of carbonyl (C=O) groups excluding carboxylic acids is 1. The van der Waals surface area contributed by atoms with Crippen molar-refractivity contribution in [3.8, 4) is 0 Å². The number of amides is 1. The molecule has 3 rings (SSSR count). The molecule has 0 atom stereocenters. The third-order valence-corrected chi connectivity index (χ3v) is 3.97. The quantitative estimate of drug-likeness (QED) is 0.435. The molecule has 10 heteroatoms. The molecule has 2 heterocycles. The van der Waals surface area contributed by atoms with E-state index in [1.54, 1.807) is 13.8 Å². The van der Waals surface area contributed by atoms with Crippen molar-refractivity contribution in [1.29, 1.82) is 0 Å². The number of aryl methyl sites for hydroxylation is 1. The number of hydrogen-bond acceptors (Lipinski definition) is 6. The first-order valence-electron chi connectivity index (χ1n) is 7.43. The highest BCUT2D eigenvalue weighted by Crippen LogP contribution is 2.27. The minimum atomic E-state index is -1.06. The lowest BCUT2D eigenvalue weighted by Crippen LogP contribution is -2.13. The average molecular weight is 355 g/mol. The van der Waals surface area contributed by atoms with Crippen LogP contribution in [0.3, 0.4) is 0 Å². The molecule has 1 amide bonds. The minimum Gasteiger partial charge on any atom is -0.478 e. The molecule has 10 nitrogen and oxygen atoms in total. The summed E-state index contributed by atoms with van der Waals surface area (Å²) in [5.74, 6) is -1.58. The smallest absolute Gasteiger partial charge is 0.337 e. The third-order valence-electron chi connectivity index (χ3n) is 3.97. The van der Waals surface area contributed by atoms with E-state index in [0.29, 0.717) is 22.6 Å². The molecular weight excluding hydrogens is 342 g/mol. The number of aromatic carboxylic acids is 1. The van der Waals surface area contributed by atoms with E-state index in [-0.39, 0.29) is 22.5 Å². The lowest BCUT2D eigenvalue weighted by atomic mass is 10.1. The topological polar surface area (TPSA) is 150 Å². The summed E-state index contributed by atoms with van der Waals surface area (Å²) in [6.45, 7) is 3.25. The first-order valence-corrected chi connectivity index (χ1v) is 7.43. The number of aromatic nitrogens is 1. The zero-order chi connectivity index (χ0) is 19.0. The number of carboxylic acids is 1. The molecule has 0 saturated carbocycles. The summed E-state index contributed by atoms with van der Waals surface area (Å²) < 4.78 is 0. The SMILES string of the molecule is Cc1[nH]c(C=NN=C2C(=O)Nc3ccc([N+](=O)[O-])cc32)c(C)c1C(=O)O. The molecule has 1 aromatic heterocycles. The van der Waals surface area contributed by atoms with E-state index in [1.807, 2.05) is 0 Å². The number of carbonyl (C=O) groups is 2. The van der Waals surface area contributed by atoms with E-state index in [4.69, 9.17) is 0 Å². The molecule has 0 bridgehead atoms. The molecular formula is C16H13N5O5. The fourth-order valence-corrected chi connectivity index (χ4v) is 2.72. The van der Waals surface area contributed by atoms with Crippen LogP contribution in [0.2, 0.25) is 0 Å². The summed E-state index contributed by atoms with van der Waals surface area (Å²) in [6.07, 6.45) is 1.30. The zero-order valence-corrected chi connectivity index (χ0v) is 13.7. The standard InChI is InChI=1S/C16H13N5O5/c1-7-12(18-8(2)13(7)16(23)24)6-17-20-14-10-5-9(21(25)26)3-4-11(10)19-15(14)22/h3-6,18H,1-2H3,(H,23,24)(H,19,20,22). The Morgan fingerprint density at radius 3 is 2.69 bits per heavy atom. The van der Waals surface area contributed by atoms with Gasteiger partial charge in [-0.2, -0.15) is 5.10 Å². The number of nitrogens with zero attached hydrogens (tertiary/aromatic N) is 3. The molecule has 1 aromatic carbocycles. The molecule has 132 valence electrons. The second-order valence-electron chi connectivity index (χ2n) is 5.60. The van der Waals surface area contributed by atoms with Crippen molar-refractivity contribution >= 4 is 35.2 Å². The summed E-state index contributed by atoms with van der Waals surface area (Å²) in [6, 6.07) is 3.95. The summed E-state index contributed by atoms with van der Waals surface area (Å²) in [5.41, 5.74) is 2.04. The van der Waals surface area contributed by atoms with Crippen LogP contribution in [0.1, 0.15) is 32.9 Å². The molecule has 0 saturated heterocycles. The third kappa shape index (κ3) is 2.83. The highest BCUT2D eigenvalue weighted by atomic mass is 16.6. The van der Waals surface area contributed by atoms with Crippen LogP contribution in [0, 0.1) is 24.0 Å². The second kappa shape index (κ2) is 6.24. The van der Waals surface area contributed by atoms with Gasteiger partial charge in [-0.25, -0.2) is 4.79 Å². The predicted molar refractivity (Wildman–Crippen MR) is 93.1 cm³/mol. The summed E-state index contributed by atoms with van der Waals surface area (Å²) in [4.78, 5) is 36.4. The van der Waals surface area contributed by atoms with Crippen LogP contribution < -0.4 is 5.32 Å². The van der Waals surface area contributed by atoms with Gasteiger partial charge >= 0.3 is 5.97 Å². The van der Waals surface area contributed by atoms with Gasteiger partial charge in [0.2, 0.25) is 0 Å². The highest BCUT2D eigenvalue weighted by Gasteiger charge is 2.28. The van der Waals surface area contributed by atoms with Crippen LogP contribution >= 0.6 is 0 Å². The maximum absolute atomic E-state index is 12.0. The van der Waals surface area contributed by atoms with Crippen molar-refractivity contribution in [2.24, 2.45) is 10.2 Å². The Morgan fingerprint density at radius 2 is 2.08 bits per heavy atom. The van der Waals surface area contributed by atoms with Gasteiger partial charge in [-0.05, 0) is 25.5 Å². The number of non-ortho nitro benzene ring substituents is 1. The Balaban J connectivity index is 1.95. The Bertz CT molecular complexity index is 1020. The van der Waals surface area contributed by atoms with Crippen molar-refractivity contribution in [3.63, 3.8) is 0 Å². The minimum absolute atomic E-state index is 0.0562. The van der Waals surface area contributed by atoms with E-state index >= 15 is 0 Å². The molecule has 2 aromatic rings. The van der Waals surface area contributed by atoms with E-state index in [1.165, 1.54) is 24.4 Å². The molecule has 0 radical (unpaired) electrons. The first kappa shape index (κ1) is 17.0. The highest BCUT2D eigenvalue weighted by molar-refractivity contribution is 6.53. The van der Waals surface area contributed by atoms with E-state index in [2.05, 4.69) is 20.5 Å². The van der Waals surface area contributed by atoms with Gasteiger partial charge in [-0.15, -0.1) is 5.10 Å². The van der Waals surface area contributed by atoms with Crippen molar-refractivity contribution in [2.45, 2.75) is 13.8 Å². The Hall–Kier alpha value is -3.82. The van der Waals surface area contributed by atoms with Crippen molar-refractivity contribution in [1.82, 2.24) is 4.98 Å².